The van der Waals surface area contributed by atoms with E-state index in [1.807, 2.05) is 0 Å². The first-order valence-electron chi connectivity index (χ1n) is 5.83. The Kier molecular flexibility index (Phi) is 3.79. The zero-order valence-corrected chi connectivity index (χ0v) is 12.6. The lowest BCUT2D eigenvalue weighted by atomic mass is 10.3. The van der Waals surface area contributed by atoms with E-state index in [1.54, 1.807) is 11.4 Å². The van der Waals surface area contributed by atoms with E-state index in [4.69, 9.17) is 4.74 Å². The molecule has 10 heteroatoms. The molecule has 0 radical (unpaired) electrons. The van der Waals surface area contributed by atoms with Crippen molar-refractivity contribution >= 4 is 22.7 Å². The Morgan fingerprint density at radius 2 is 1.86 bits per heavy atom. The first-order valence-corrected chi connectivity index (χ1v) is 7.59. The molecule has 5 nitrogen and oxygen atoms in total. The van der Waals surface area contributed by atoms with E-state index in [9.17, 15) is 13.2 Å². The van der Waals surface area contributed by atoms with E-state index < -0.39 is 11.9 Å². The topological polar surface area (TPSA) is 60.8 Å². The fourth-order valence-electron chi connectivity index (χ4n) is 1.58. The van der Waals surface area contributed by atoms with Crippen LogP contribution >= 0.6 is 22.7 Å². The van der Waals surface area contributed by atoms with Crippen LogP contribution in [0.4, 0.5) is 13.2 Å². The Labute approximate surface area is 130 Å². The average molecular weight is 344 g/mol. The van der Waals surface area contributed by atoms with Gasteiger partial charge in [-0.25, -0.2) is 19.9 Å². The van der Waals surface area contributed by atoms with Crippen LogP contribution in [0.25, 0.3) is 22.2 Å². The van der Waals surface area contributed by atoms with Gasteiger partial charge in [0.1, 0.15) is 5.69 Å². The van der Waals surface area contributed by atoms with Gasteiger partial charge in [0.2, 0.25) is 0 Å². The van der Waals surface area contributed by atoms with E-state index in [-0.39, 0.29) is 10.8 Å². The molecule has 0 aliphatic rings. The van der Waals surface area contributed by atoms with Crippen LogP contribution in [0, 0.1) is 0 Å². The van der Waals surface area contributed by atoms with Crippen molar-refractivity contribution < 1.29 is 17.9 Å². The fraction of sp³-hybridized carbons (Fsp3) is 0.167. The van der Waals surface area contributed by atoms with E-state index in [1.165, 1.54) is 24.6 Å². The molecule has 0 atom stereocenters. The zero-order chi connectivity index (χ0) is 15.7. The van der Waals surface area contributed by atoms with Gasteiger partial charge in [-0.15, -0.1) is 11.3 Å². The van der Waals surface area contributed by atoms with Crippen molar-refractivity contribution in [1.82, 2.24) is 19.9 Å². The van der Waals surface area contributed by atoms with Gasteiger partial charge in [-0.1, -0.05) is 11.3 Å². The minimum absolute atomic E-state index is 0.108. The van der Waals surface area contributed by atoms with Crippen LogP contribution in [-0.2, 0) is 6.18 Å². The van der Waals surface area contributed by atoms with E-state index in [0.717, 1.165) is 16.7 Å². The Balaban J connectivity index is 1.95. The molecule has 0 aromatic carbocycles. The van der Waals surface area contributed by atoms with Gasteiger partial charge in [-0.05, 0) is 6.07 Å². The lowest BCUT2D eigenvalue weighted by Crippen LogP contribution is -2.05. The zero-order valence-electron chi connectivity index (χ0n) is 11.0. The van der Waals surface area contributed by atoms with Crippen molar-refractivity contribution in [3.8, 4) is 27.4 Å². The second-order valence-electron chi connectivity index (χ2n) is 4.00. The molecule has 0 saturated heterocycles. The molecule has 0 unspecified atom stereocenters. The van der Waals surface area contributed by atoms with Crippen LogP contribution in [0.1, 0.15) is 5.69 Å². The van der Waals surface area contributed by atoms with Crippen LogP contribution in [0.2, 0.25) is 0 Å². The number of rotatable bonds is 3. The summed E-state index contributed by atoms with van der Waals surface area (Å²) in [6.07, 6.45) is -3.02. The van der Waals surface area contributed by atoms with Gasteiger partial charge in [0.15, 0.2) is 16.5 Å². The summed E-state index contributed by atoms with van der Waals surface area (Å²) in [4.78, 5) is 15.9. The lowest BCUT2D eigenvalue weighted by Gasteiger charge is -2.00. The van der Waals surface area contributed by atoms with Crippen molar-refractivity contribution in [3.63, 3.8) is 0 Å². The Morgan fingerprint density at radius 1 is 1.05 bits per heavy atom. The summed E-state index contributed by atoms with van der Waals surface area (Å²) in [5.41, 5.74) is 0.114. The number of ether oxygens (including phenoxy) is 1. The molecule has 0 aliphatic carbocycles. The number of thiazole rings is 2. The molecule has 0 bridgehead atoms. The number of hydrogen-bond donors (Lipinski definition) is 0. The quantitative estimate of drug-likeness (QED) is 0.724. The summed E-state index contributed by atoms with van der Waals surface area (Å²) in [5, 5.41) is 3.27. The molecule has 114 valence electrons. The standard InChI is InChI=1S/C12H7F3N4OS2/c1-20-11-18-7(4-22-11)6-2-3-16-9(17-6)10-19-8(5-21-10)12(13,14)15/h2-5H,1H3. The van der Waals surface area contributed by atoms with Crippen molar-refractivity contribution in [2.45, 2.75) is 6.18 Å². The second kappa shape index (κ2) is 5.61. The van der Waals surface area contributed by atoms with E-state index in [0.29, 0.717) is 16.6 Å². The van der Waals surface area contributed by atoms with Gasteiger partial charge < -0.3 is 4.74 Å². The molecule has 0 aliphatic heterocycles. The maximum Gasteiger partial charge on any atom is 0.434 e. The SMILES string of the molecule is COc1nc(-c2ccnc(-c3nc(C(F)(F)F)cs3)n2)cs1. The Morgan fingerprint density at radius 3 is 2.50 bits per heavy atom. The second-order valence-corrected chi connectivity index (χ2v) is 5.68. The molecule has 3 aromatic rings. The maximum atomic E-state index is 12.6. The highest BCUT2D eigenvalue weighted by atomic mass is 32.1. The fourth-order valence-corrected chi connectivity index (χ4v) is 2.98. The number of hydrogen-bond acceptors (Lipinski definition) is 7. The molecule has 0 saturated carbocycles. The molecule has 3 rings (SSSR count). The molecule has 0 amide bonds. The van der Waals surface area contributed by atoms with Crippen molar-refractivity contribution in [2.75, 3.05) is 7.11 Å². The van der Waals surface area contributed by atoms with Gasteiger partial charge in [-0.2, -0.15) is 13.2 Å². The molecule has 3 aromatic heterocycles. The summed E-state index contributed by atoms with van der Waals surface area (Å²) in [5.74, 6) is 0.130. The number of halogens is 3. The maximum absolute atomic E-state index is 12.6. The minimum Gasteiger partial charge on any atom is -0.473 e. The Bertz CT molecular complexity index is 800. The molecular weight excluding hydrogens is 337 g/mol. The van der Waals surface area contributed by atoms with Crippen molar-refractivity contribution in [2.24, 2.45) is 0 Å². The van der Waals surface area contributed by atoms with E-state index >= 15 is 0 Å². The van der Waals surface area contributed by atoms with Crippen LogP contribution in [-0.4, -0.2) is 27.0 Å². The summed E-state index contributed by atoms with van der Waals surface area (Å²) in [7, 11) is 1.50. The largest absolute Gasteiger partial charge is 0.473 e. The normalized spacial score (nSPS) is 11.6. The molecule has 22 heavy (non-hydrogen) atoms. The Hall–Kier alpha value is -2.07. The monoisotopic (exact) mass is 344 g/mol. The van der Waals surface area contributed by atoms with Gasteiger partial charge in [-0.3, -0.25) is 0 Å². The lowest BCUT2D eigenvalue weighted by molar-refractivity contribution is -0.140. The predicted octanol–water partition coefficient (Wildman–Crippen LogP) is 3.75. The molecule has 0 spiro atoms. The summed E-state index contributed by atoms with van der Waals surface area (Å²) in [6, 6.07) is 1.62. The molecule has 0 N–H and O–H groups in total. The van der Waals surface area contributed by atoms with Crippen LogP contribution in [0.5, 0.6) is 5.19 Å². The molecule has 3 heterocycles. The molecular formula is C12H7F3N4OS2. The summed E-state index contributed by atoms with van der Waals surface area (Å²) < 4.78 is 42.8. The third-order valence-electron chi connectivity index (χ3n) is 2.56. The van der Waals surface area contributed by atoms with E-state index in [2.05, 4.69) is 19.9 Å². The molecule has 0 fully saturated rings. The first-order chi connectivity index (χ1) is 10.5. The number of methoxy groups -OCH3 is 1. The predicted molar refractivity (Wildman–Crippen MR) is 75.8 cm³/mol. The highest BCUT2D eigenvalue weighted by Gasteiger charge is 2.34. The highest BCUT2D eigenvalue weighted by molar-refractivity contribution is 7.13. The minimum atomic E-state index is -4.48. The van der Waals surface area contributed by atoms with Crippen LogP contribution in [0.15, 0.2) is 23.0 Å². The first kappa shape index (κ1) is 14.9. The van der Waals surface area contributed by atoms with Crippen LogP contribution < -0.4 is 4.74 Å². The van der Waals surface area contributed by atoms with Gasteiger partial charge in [0.25, 0.3) is 5.19 Å². The van der Waals surface area contributed by atoms with Gasteiger partial charge in [0, 0.05) is 17.0 Å². The summed E-state index contributed by atoms with van der Waals surface area (Å²) in [6.45, 7) is 0. The third kappa shape index (κ3) is 2.92. The van der Waals surface area contributed by atoms with Gasteiger partial charge in [0.05, 0.1) is 12.8 Å². The number of alkyl halides is 3. The summed E-state index contributed by atoms with van der Waals surface area (Å²) >= 11 is 2.14. The third-order valence-corrected chi connectivity index (χ3v) is 4.20. The average Bonchev–Trinajstić information content (AvgIpc) is 3.16. The van der Waals surface area contributed by atoms with Crippen LogP contribution in [0.3, 0.4) is 0 Å². The van der Waals surface area contributed by atoms with Crippen molar-refractivity contribution in [3.05, 3.63) is 28.7 Å². The van der Waals surface area contributed by atoms with Crippen molar-refractivity contribution in [1.29, 1.82) is 0 Å². The number of nitrogens with zero attached hydrogens (tertiary/aromatic N) is 4. The number of aromatic nitrogens is 4. The smallest absolute Gasteiger partial charge is 0.434 e. The van der Waals surface area contributed by atoms with Gasteiger partial charge >= 0.3 is 6.18 Å². The highest BCUT2D eigenvalue weighted by Crippen LogP contribution is 2.33.